The van der Waals surface area contributed by atoms with Crippen LogP contribution < -0.4 is 4.20 Å². The summed E-state index contributed by atoms with van der Waals surface area (Å²) < 4.78 is 1.28. The summed E-state index contributed by atoms with van der Waals surface area (Å²) in [5, 5.41) is 4.20. The quantitative estimate of drug-likeness (QED) is 0.715. The highest BCUT2D eigenvalue weighted by molar-refractivity contribution is 6.04. The molecular formula is C15H11ClN3+. The Kier molecular flexibility index (Phi) is 3.21. The molecule has 0 spiro atoms. The number of aromatic nitrogens is 3. The van der Waals surface area contributed by atoms with Crippen molar-refractivity contribution in [2.24, 2.45) is 0 Å². The molecule has 0 N–H and O–H groups in total. The van der Waals surface area contributed by atoms with E-state index >= 15 is 0 Å². The molecule has 0 aliphatic heterocycles. The third-order valence-electron chi connectivity index (χ3n) is 2.75. The lowest BCUT2D eigenvalue weighted by Crippen LogP contribution is -2.27. The Bertz CT molecular complexity index is 627. The van der Waals surface area contributed by atoms with Crippen molar-refractivity contribution in [2.45, 2.75) is 0 Å². The molecule has 0 amide bonds. The molecule has 1 heterocycles. The van der Waals surface area contributed by atoms with Gasteiger partial charge in [-0.1, -0.05) is 60.7 Å². The van der Waals surface area contributed by atoms with Crippen LogP contribution in [0.2, 0.25) is 0 Å². The molecule has 0 atom stereocenters. The van der Waals surface area contributed by atoms with Crippen LogP contribution in [0.1, 0.15) is 0 Å². The van der Waals surface area contributed by atoms with Crippen LogP contribution in [-0.4, -0.2) is 10.1 Å². The van der Waals surface area contributed by atoms with Gasteiger partial charge in [0.05, 0.1) is 0 Å². The zero-order valence-electron chi connectivity index (χ0n) is 10.1. The summed E-state index contributed by atoms with van der Waals surface area (Å²) in [6.07, 6.45) is 1.70. The maximum absolute atomic E-state index is 6.02. The molecule has 0 bridgehead atoms. The largest absolute Gasteiger partial charge is 0.298 e. The fourth-order valence-electron chi connectivity index (χ4n) is 1.84. The molecule has 3 rings (SSSR count). The fraction of sp³-hybridized carbons (Fsp3) is 0. The number of benzene rings is 2. The SMILES string of the molecule is Cl[n+]1cc(-c2ccccc2)nc(-c2ccccc2)n1. The van der Waals surface area contributed by atoms with E-state index < -0.39 is 0 Å². The topological polar surface area (TPSA) is 29.7 Å². The first-order chi connectivity index (χ1) is 9.33. The Balaban J connectivity index is 2.12. The average molecular weight is 269 g/mol. The molecule has 0 aliphatic rings. The molecule has 3 aromatic rings. The van der Waals surface area contributed by atoms with Crippen molar-refractivity contribution < 1.29 is 4.20 Å². The minimum absolute atomic E-state index is 0.608. The second-order valence-corrected chi connectivity index (χ2v) is 4.42. The molecule has 4 heteroatoms. The van der Waals surface area contributed by atoms with Gasteiger partial charge < -0.3 is 0 Å². The number of halogens is 1. The van der Waals surface area contributed by atoms with Gasteiger partial charge in [-0.25, -0.2) is 4.98 Å². The molecule has 2 aromatic carbocycles. The van der Waals surface area contributed by atoms with Crippen molar-refractivity contribution in [1.82, 2.24) is 10.1 Å². The van der Waals surface area contributed by atoms with Crippen LogP contribution in [0.15, 0.2) is 66.9 Å². The normalized spacial score (nSPS) is 10.4. The minimum atomic E-state index is 0.608. The molecule has 0 radical (unpaired) electrons. The summed E-state index contributed by atoms with van der Waals surface area (Å²) in [6, 6.07) is 19.7. The van der Waals surface area contributed by atoms with Crippen LogP contribution in [0.25, 0.3) is 22.6 Å². The third kappa shape index (κ3) is 2.61. The van der Waals surface area contributed by atoms with Gasteiger partial charge in [0.15, 0.2) is 0 Å². The van der Waals surface area contributed by atoms with E-state index in [1.807, 2.05) is 60.7 Å². The van der Waals surface area contributed by atoms with Crippen LogP contribution in [0.4, 0.5) is 0 Å². The molecule has 0 aliphatic carbocycles. The van der Waals surface area contributed by atoms with Gasteiger partial charge in [0.1, 0.15) is 5.69 Å². The van der Waals surface area contributed by atoms with Gasteiger partial charge in [-0.3, -0.25) is 0 Å². The van der Waals surface area contributed by atoms with Gasteiger partial charge >= 0.3 is 0 Å². The van der Waals surface area contributed by atoms with Crippen molar-refractivity contribution >= 4 is 11.8 Å². The van der Waals surface area contributed by atoms with Crippen LogP contribution >= 0.6 is 11.8 Å². The molecule has 0 unspecified atom stereocenters. The maximum atomic E-state index is 6.02. The van der Waals surface area contributed by atoms with E-state index in [4.69, 9.17) is 11.8 Å². The van der Waals surface area contributed by atoms with E-state index in [-0.39, 0.29) is 0 Å². The summed E-state index contributed by atoms with van der Waals surface area (Å²) in [5.74, 6) is 0.608. The maximum Gasteiger partial charge on any atom is 0.298 e. The lowest BCUT2D eigenvalue weighted by Gasteiger charge is -2.00. The Morgan fingerprint density at radius 1 is 0.789 bits per heavy atom. The fourth-order valence-corrected chi connectivity index (χ4v) is 2.01. The van der Waals surface area contributed by atoms with Crippen molar-refractivity contribution in [3.63, 3.8) is 0 Å². The second-order valence-electron chi connectivity index (χ2n) is 4.07. The molecule has 19 heavy (non-hydrogen) atoms. The first-order valence-electron chi connectivity index (χ1n) is 5.91. The van der Waals surface area contributed by atoms with E-state index in [0.717, 1.165) is 16.8 Å². The highest BCUT2D eigenvalue weighted by Gasteiger charge is 2.13. The first-order valence-corrected chi connectivity index (χ1v) is 6.25. The zero-order chi connectivity index (χ0) is 13.1. The molecule has 3 nitrogen and oxygen atoms in total. The van der Waals surface area contributed by atoms with Gasteiger partial charge in [-0.2, -0.15) is 0 Å². The summed E-state index contributed by atoms with van der Waals surface area (Å²) in [5.41, 5.74) is 2.75. The summed E-state index contributed by atoms with van der Waals surface area (Å²) in [4.78, 5) is 4.56. The summed E-state index contributed by atoms with van der Waals surface area (Å²) in [7, 11) is 0. The van der Waals surface area contributed by atoms with E-state index in [9.17, 15) is 0 Å². The lowest BCUT2D eigenvalue weighted by atomic mass is 10.1. The predicted octanol–water partition coefficient (Wildman–Crippen LogP) is 3.10. The number of nitrogens with zero attached hydrogens (tertiary/aromatic N) is 3. The van der Waals surface area contributed by atoms with E-state index in [0.29, 0.717) is 5.82 Å². The second kappa shape index (κ2) is 5.16. The van der Waals surface area contributed by atoms with Gasteiger partial charge in [0.2, 0.25) is 12.0 Å². The third-order valence-corrected chi connectivity index (χ3v) is 2.92. The molecule has 1 aromatic heterocycles. The van der Waals surface area contributed by atoms with Crippen LogP contribution in [-0.2, 0) is 0 Å². The smallest absolute Gasteiger partial charge is 0.216 e. The number of rotatable bonds is 2. The van der Waals surface area contributed by atoms with Crippen molar-refractivity contribution in [2.75, 3.05) is 0 Å². The van der Waals surface area contributed by atoms with Gasteiger partial charge in [0, 0.05) is 20.4 Å². The molecule has 0 fully saturated rings. The van der Waals surface area contributed by atoms with E-state index in [2.05, 4.69) is 10.1 Å². The van der Waals surface area contributed by atoms with Gasteiger partial charge in [0.25, 0.3) is 11.8 Å². The molecular weight excluding hydrogens is 258 g/mol. The molecule has 0 saturated carbocycles. The van der Waals surface area contributed by atoms with Gasteiger partial charge in [-0.05, 0) is 0 Å². The monoisotopic (exact) mass is 268 g/mol. The lowest BCUT2D eigenvalue weighted by molar-refractivity contribution is -0.587. The van der Waals surface area contributed by atoms with Crippen molar-refractivity contribution in [3.05, 3.63) is 66.9 Å². The summed E-state index contributed by atoms with van der Waals surface area (Å²) in [6.45, 7) is 0. The van der Waals surface area contributed by atoms with Crippen molar-refractivity contribution in [1.29, 1.82) is 0 Å². The predicted molar refractivity (Wildman–Crippen MR) is 74.4 cm³/mol. The standard InChI is InChI=1S/C15H11ClN3/c16-19-11-14(12-7-3-1-4-8-12)17-15(18-19)13-9-5-2-6-10-13/h1-11H/q+1. The molecule has 92 valence electrons. The van der Waals surface area contributed by atoms with Crippen LogP contribution in [0.5, 0.6) is 0 Å². The minimum Gasteiger partial charge on any atom is -0.216 e. The van der Waals surface area contributed by atoms with Crippen LogP contribution in [0.3, 0.4) is 0 Å². The van der Waals surface area contributed by atoms with Crippen LogP contribution in [0, 0.1) is 0 Å². The Labute approximate surface area is 116 Å². The number of hydrogen-bond acceptors (Lipinski definition) is 2. The van der Waals surface area contributed by atoms with E-state index in [1.165, 1.54) is 4.20 Å². The Morgan fingerprint density at radius 3 is 2.00 bits per heavy atom. The highest BCUT2D eigenvalue weighted by atomic mass is 35.5. The molecule has 0 saturated heterocycles. The van der Waals surface area contributed by atoms with Crippen molar-refractivity contribution in [3.8, 4) is 22.6 Å². The average Bonchev–Trinajstić information content (AvgIpc) is 2.48. The number of hydrogen-bond donors (Lipinski definition) is 0. The first kappa shape index (κ1) is 11.8. The summed E-state index contributed by atoms with van der Waals surface area (Å²) >= 11 is 6.02. The highest BCUT2D eigenvalue weighted by Crippen LogP contribution is 2.18. The Hall–Kier alpha value is -2.26. The van der Waals surface area contributed by atoms with Gasteiger partial charge in [-0.15, -0.1) is 0 Å². The Morgan fingerprint density at radius 2 is 1.37 bits per heavy atom. The zero-order valence-corrected chi connectivity index (χ0v) is 10.8. The van der Waals surface area contributed by atoms with E-state index in [1.54, 1.807) is 6.20 Å².